The minimum Gasteiger partial charge on any atom is -0.497 e. The smallest absolute Gasteiger partial charge is 0.269 e. The van der Waals surface area contributed by atoms with Crippen molar-refractivity contribution in [3.05, 3.63) is 76.1 Å². The van der Waals surface area contributed by atoms with E-state index in [-0.39, 0.29) is 23.9 Å². The van der Waals surface area contributed by atoms with Gasteiger partial charge in [-0.15, -0.1) is 0 Å². The Morgan fingerprint density at radius 1 is 1.16 bits per heavy atom. The van der Waals surface area contributed by atoms with Gasteiger partial charge in [0, 0.05) is 33.4 Å². The zero-order valence-electron chi connectivity index (χ0n) is 17.7. The van der Waals surface area contributed by atoms with Gasteiger partial charge in [-0.25, -0.2) is 5.48 Å². The lowest BCUT2D eigenvalue weighted by atomic mass is 10.1. The summed E-state index contributed by atoms with van der Waals surface area (Å²) < 4.78 is 6.88. The molecule has 2 amide bonds. The van der Waals surface area contributed by atoms with E-state index in [1.165, 1.54) is 19.5 Å². The van der Waals surface area contributed by atoms with Crippen LogP contribution in [0.5, 0.6) is 5.75 Å². The Labute approximate surface area is 189 Å². The Hall–Kier alpha value is -3.62. The number of hydrogen-bond acceptors (Lipinski definition) is 5. The number of hydrogen-bond donors (Lipinski definition) is 3. The first-order valence-electron chi connectivity index (χ1n) is 9.65. The molecule has 8 nitrogen and oxygen atoms in total. The molecule has 0 radical (unpaired) electrons. The highest BCUT2D eigenvalue weighted by Gasteiger charge is 2.22. The van der Waals surface area contributed by atoms with Gasteiger partial charge in [-0.1, -0.05) is 11.6 Å². The van der Waals surface area contributed by atoms with E-state index in [1.807, 2.05) is 0 Å². The first kappa shape index (κ1) is 23.1. The summed E-state index contributed by atoms with van der Waals surface area (Å²) in [5.74, 6) is -0.801. The van der Waals surface area contributed by atoms with Crippen molar-refractivity contribution in [3.63, 3.8) is 0 Å². The minimum absolute atomic E-state index is 0.0394. The number of methoxy groups -OCH3 is 1. The average Bonchev–Trinajstić information content (AvgIpc) is 3.03. The van der Waals surface area contributed by atoms with Crippen molar-refractivity contribution in [1.29, 1.82) is 0 Å². The average molecular weight is 456 g/mol. The predicted molar refractivity (Wildman–Crippen MR) is 120 cm³/mol. The number of rotatable bonds is 6. The normalized spacial score (nSPS) is 11.3. The van der Waals surface area contributed by atoms with E-state index >= 15 is 0 Å². The number of hydroxylamine groups is 1. The molecule has 1 heterocycles. The number of nitrogens with zero attached hydrogens (tertiary/aromatic N) is 1. The number of carbonyl (C=O) groups is 3. The van der Waals surface area contributed by atoms with Crippen molar-refractivity contribution in [1.82, 2.24) is 15.4 Å². The molecule has 1 aromatic heterocycles. The summed E-state index contributed by atoms with van der Waals surface area (Å²) >= 11 is 5.95. The number of halogens is 1. The Morgan fingerprint density at radius 2 is 1.84 bits per heavy atom. The molecule has 0 bridgehead atoms. The van der Waals surface area contributed by atoms with E-state index in [2.05, 4.69) is 5.32 Å². The van der Waals surface area contributed by atoms with Gasteiger partial charge < -0.3 is 10.1 Å². The summed E-state index contributed by atoms with van der Waals surface area (Å²) in [6, 6.07) is 11.9. The first-order chi connectivity index (χ1) is 15.2. The van der Waals surface area contributed by atoms with Crippen LogP contribution in [0.25, 0.3) is 10.9 Å². The summed E-state index contributed by atoms with van der Waals surface area (Å²) in [4.78, 5) is 37.2. The molecule has 0 atom stereocenters. The standard InChI is InChI=1S/C23H22ClN3O5/c1-13(10-22(29)26-31)25-21(28)12-18-14(2)27(20-9-8-17(32-3)11-19(18)20)23(30)15-4-6-16(24)7-5-15/h4-11,31H,12H2,1-3H3,(H,25,28)(H,26,29)/b13-10+. The molecule has 3 N–H and O–H groups in total. The Kier molecular flexibility index (Phi) is 6.97. The van der Waals surface area contributed by atoms with E-state index < -0.39 is 5.91 Å². The SMILES string of the molecule is COc1ccc2c(c1)c(CC(=O)N/C(C)=C/C(=O)NO)c(C)n2C(=O)c1ccc(Cl)cc1. The summed E-state index contributed by atoms with van der Waals surface area (Å²) in [6.45, 7) is 3.29. The summed E-state index contributed by atoms with van der Waals surface area (Å²) in [5, 5.41) is 12.4. The van der Waals surface area contributed by atoms with Crippen LogP contribution in [-0.2, 0) is 16.0 Å². The highest BCUT2D eigenvalue weighted by Crippen LogP contribution is 2.31. The van der Waals surface area contributed by atoms with Crippen molar-refractivity contribution in [2.24, 2.45) is 0 Å². The molecule has 0 aliphatic heterocycles. The number of allylic oxidation sites excluding steroid dienone is 1. The second-order valence-electron chi connectivity index (χ2n) is 7.12. The number of benzene rings is 2. The van der Waals surface area contributed by atoms with Crippen molar-refractivity contribution in [2.75, 3.05) is 7.11 Å². The maximum absolute atomic E-state index is 13.3. The lowest BCUT2D eigenvalue weighted by Gasteiger charge is -2.08. The van der Waals surface area contributed by atoms with Crippen LogP contribution >= 0.6 is 11.6 Å². The number of aromatic nitrogens is 1. The van der Waals surface area contributed by atoms with Gasteiger partial charge in [0.15, 0.2) is 0 Å². The number of fused-ring (bicyclic) bond motifs is 1. The maximum Gasteiger partial charge on any atom is 0.269 e. The molecule has 166 valence electrons. The molecular weight excluding hydrogens is 434 g/mol. The second-order valence-corrected chi connectivity index (χ2v) is 7.56. The highest BCUT2D eigenvalue weighted by molar-refractivity contribution is 6.30. The summed E-state index contributed by atoms with van der Waals surface area (Å²) in [5.41, 5.74) is 4.08. The Bertz CT molecular complexity index is 1230. The van der Waals surface area contributed by atoms with Gasteiger partial charge in [-0.3, -0.25) is 24.2 Å². The predicted octanol–water partition coefficient (Wildman–Crippen LogP) is 3.37. The van der Waals surface area contributed by atoms with Crippen molar-refractivity contribution in [3.8, 4) is 5.75 Å². The molecule has 0 spiro atoms. The fourth-order valence-electron chi connectivity index (χ4n) is 3.49. The lowest BCUT2D eigenvalue weighted by Crippen LogP contribution is -2.26. The first-order valence-corrected chi connectivity index (χ1v) is 10.0. The number of ether oxygens (including phenoxy) is 1. The third kappa shape index (κ3) is 4.82. The monoisotopic (exact) mass is 455 g/mol. The van der Waals surface area contributed by atoms with E-state index in [9.17, 15) is 14.4 Å². The van der Waals surface area contributed by atoms with Crippen LogP contribution in [0.1, 0.15) is 28.5 Å². The number of amides is 2. The van der Waals surface area contributed by atoms with Crippen LogP contribution in [0.4, 0.5) is 0 Å². The van der Waals surface area contributed by atoms with Gasteiger partial charge in [0.25, 0.3) is 11.8 Å². The molecule has 0 unspecified atom stereocenters. The van der Waals surface area contributed by atoms with Gasteiger partial charge in [0.1, 0.15) is 5.75 Å². The van der Waals surface area contributed by atoms with Crippen LogP contribution in [0.2, 0.25) is 5.02 Å². The molecule has 0 aliphatic carbocycles. The lowest BCUT2D eigenvalue weighted by molar-refractivity contribution is -0.124. The van der Waals surface area contributed by atoms with E-state index in [4.69, 9.17) is 21.5 Å². The van der Waals surface area contributed by atoms with E-state index in [1.54, 1.807) is 54.0 Å². The zero-order valence-corrected chi connectivity index (χ0v) is 18.5. The molecular formula is C23H22ClN3O5. The molecule has 3 aromatic rings. The third-order valence-corrected chi connectivity index (χ3v) is 5.22. The number of nitrogens with one attached hydrogen (secondary N) is 2. The molecule has 0 aliphatic rings. The Morgan fingerprint density at radius 3 is 2.47 bits per heavy atom. The van der Waals surface area contributed by atoms with Gasteiger partial charge in [-0.2, -0.15) is 0 Å². The molecule has 0 saturated carbocycles. The topological polar surface area (TPSA) is 110 Å². The minimum atomic E-state index is -0.756. The molecule has 2 aromatic carbocycles. The fourth-order valence-corrected chi connectivity index (χ4v) is 3.61. The van der Waals surface area contributed by atoms with Gasteiger partial charge in [0.2, 0.25) is 5.91 Å². The highest BCUT2D eigenvalue weighted by atomic mass is 35.5. The van der Waals surface area contributed by atoms with Crippen molar-refractivity contribution < 1.29 is 24.3 Å². The quantitative estimate of drug-likeness (QED) is 0.300. The largest absolute Gasteiger partial charge is 0.497 e. The van der Waals surface area contributed by atoms with Crippen LogP contribution in [0, 0.1) is 6.92 Å². The van der Waals surface area contributed by atoms with Crippen LogP contribution in [-0.4, -0.2) is 34.6 Å². The van der Waals surface area contributed by atoms with Gasteiger partial charge >= 0.3 is 0 Å². The Balaban J connectivity index is 2.04. The molecule has 32 heavy (non-hydrogen) atoms. The van der Waals surface area contributed by atoms with Crippen LogP contribution in [0.15, 0.2) is 54.2 Å². The second kappa shape index (κ2) is 9.67. The van der Waals surface area contributed by atoms with E-state index in [0.29, 0.717) is 38.5 Å². The molecule has 0 fully saturated rings. The third-order valence-electron chi connectivity index (χ3n) is 4.97. The molecule has 9 heteroatoms. The molecule has 0 saturated heterocycles. The van der Waals surface area contributed by atoms with Gasteiger partial charge in [-0.05, 0) is 61.9 Å². The molecule has 3 rings (SSSR count). The van der Waals surface area contributed by atoms with Crippen molar-refractivity contribution >= 4 is 40.2 Å². The van der Waals surface area contributed by atoms with Crippen molar-refractivity contribution in [2.45, 2.75) is 20.3 Å². The fraction of sp³-hybridized carbons (Fsp3) is 0.174. The van der Waals surface area contributed by atoms with Gasteiger partial charge in [0.05, 0.1) is 19.0 Å². The summed E-state index contributed by atoms with van der Waals surface area (Å²) in [6.07, 6.45) is 1.02. The van der Waals surface area contributed by atoms with Crippen LogP contribution in [0.3, 0.4) is 0 Å². The maximum atomic E-state index is 13.3. The zero-order chi connectivity index (χ0) is 23.4. The number of carbonyl (C=O) groups excluding carboxylic acids is 3. The van der Waals surface area contributed by atoms with E-state index in [0.717, 1.165) is 6.08 Å². The van der Waals surface area contributed by atoms with Crippen LogP contribution < -0.4 is 15.5 Å². The summed E-state index contributed by atoms with van der Waals surface area (Å²) in [7, 11) is 1.54.